The second kappa shape index (κ2) is 6.15. The Morgan fingerprint density at radius 3 is 2.05 bits per heavy atom. The van der Waals surface area contributed by atoms with Crippen molar-refractivity contribution in [2.45, 2.75) is 25.8 Å². The van der Waals surface area contributed by atoms with Gasteiger partial charge in [0.15, 0.2) is 0 Å². The van der Waals surface area contributed by atoms with Crippen molar-refractivity contribution in [3.63, 3.8) is 0 Å². The molecule has 1 saturated carbocycles. The Balaban J connectivity index is 2.45. The van der Waals surface area contributed by atoms with Crippen molar-refractivity contribution in [3.8, 4) is 17.2 Å². The molecular formula is C15H23NO3. The van der Waals surface area contributed by atoms with E-state index < -0.39 is 0 Å². The maximum Gasteiger partial charge on any atom is 0.131 e. The summed E-state index contributed by atoms with van der Waals surface area (Å²) < 4.78 is 16.4. The molecular weight excluding hydrogens is 242 g/mol. The quantitative estimate of drug-likeness (QED) is 0.823. The molecule has 1 N–H and O–H groups in total. The first kappa shape index (κ1) is 14.0. The number of benzene rings is 1. The molecule has 1 aliphatic carbocycles. The fraction of sp³-hybridized carbons (Fsp3) is 0.600. The van der Waals surface area contributed by atoms with Crippen molar-refractivity contribution in [1.82, 2.24) is 5.32 Å². The van der Waals surface area contributed by atoms with Crippen LogP contribution >= 0.6 is 0 Å². The van der Waals surface area contributed by atoms with Crippen molar-refractivity contribution >= 4 is 0 Å². The van der Waals surface area contributed by atoms with Crippen LogP contribution in [0.2, 0.25) is 0 Å². The fourth-order valence-corrected chi connectivity index (χ4v) is 2.49. The van der Waals surface area contributed by atoms with Crippen molar-refractivity contribution in [3.05, 3.63) is 17.7 Å². The minimum atomic E-state index is 0.292. The third-order valence-electron chi connectivity index (χ3n) is 3.58. The first-order chi connectivity index (χ1) is 9.24. The first-order valence-corrected chi connectivity index (χ1v) is 6.78. The molecule has 0 amide bonds. The van der Waals surface area contributed by atoms with E-state index in [0.29, 0.717) is 12.0 Å². The summed E-state index contributed by atoms with van der Waals surface area (Å²) in [6.45, 7) is 3.05. The average molecular weight is 265 g/mol. The molecule has 4 nitrogen and oxygen atoms in total. The van der Waals surface area contributed by atoms with Crippen LogP contribution in [0, 0.1) is 5.92 Å². The van der Waals surface area contributed by atoms with Crippen LogP contribution in [0.5, 0.6) is 17.2 Å². The molecule has 0 heterocycles. The smallest absolute Gasteiger partial charge is 0.131 e. The van der Waals surface area contributed by atoms with Gasteiger partial charge in [-0.3, -0.25) is 0 Å². The van der Waals surface area contributed by atoms with Gasteiger partial charge in [0.05, 0.1) is 26.9 Å². The molecule has 1 aliphatic rings. The Kier molecular flexibility index (Phi) is 4.53. The van der Waals surface area contributed by atoms with Gasteiger partial charge >= 0.3 is 0 Å². The van der Waals surface area contributed by atoms with Crippen LogP contribution in [-0.2, 0) is 0 Å². The topological polar surface area (TPSA) is 39.7 Å². The van der Waals surface area contributed by atoms with E-state index in [1.54, 1.807) is 21.3 Å². The zero-order valence-electron chi connectivity index (χ0n) is 12.2. The van der Waals surface area contributed by atoms with Gasteiger partial charge < -0.3 is 19.5 Å². The molecule has 4 heteroatoms. The van der Waals surface area contributed by atoms with Gasteiger partial charge in [-0.1, -0.05) is 6.92 Å². The summed E-state index contributed by atoms with van der Waals surface area (Å²) in [5.74, 6) is 3.09. The van der Waals surface area contributed by atoms with Gasteiger partial charge in [0.2, 0.25) is 0 Å². The molecule has 1 unspecified atom stereocenters. The number of methoxy groups -OCH3 is 3. The molecule has 1 aromatic carbocycles. The summed E-state index contributed by atoms with van der Waals surface area (Å²) in [6, 6.07) is 4.13. The molecule has 1 atom stereocenters. The molecule has 0 bridgehead atoms. The second-order valence-electron chi connectivity index (χ2n) is 4.82. The summed E-state index contributed by atoms with van der Waals surface area (Å²) in [4.78, 5) is 0. The number of nitrogens with one attached hydrogen (secondary N) is 1. The Hall–Kier alpha value is -1.42. The van der Waals surface area contributed by atoms with E-state index in [4.69, 9.17) is 14.2 Å². The van der Waals surface area contributed by atoms with Crippen LogP contribution in [0.3, 0.4) is 0 Å². The van der Waals surface area contributed by atoms with Gasteiger partial charge in [-0.05, 0) is 25.3 Å². The molecule has 1 aromatic rings. The predicted molar refractivity (Wildman–Crippen MR) is 75.2 cm³/mol. The molecule has 0 radical (unpaired) electrons. The van der Waals surface area contributed by atoms with Crippen molar-refractivity contribution in [1.29, 1.82) is 0 Å². The largest absolute Gasteiger partial charge is 0.496 e. The predicted octanol–water partition coefficient (Wildman–Crippen LogP) is 2.77. The molecule has 106 valence electrons. The van der Waals surface area contributed by atoms with Crippen LogP contribution < -0.4 is 19.5 Å². The van der Waals surface area contributed by atoms with Crippen LogP contribution in [0.15, 0.2) is 12.1 Å². The Morgan fingerprint density at radius 1 is 1.11 bits per heavy atom. The second-order valence-corrected chi connectivity index (χ2v) is 4.82. The normalized spacial score (nSPS) is 16.0. The van der Waals surface area contributed by atoms with E-state index in [1.165, 1.54) is 12.8 Å². The lowest BCUT2D eigenvalue weighted by Crippen LogP contribution is -2.23. The van der Waals surface area contributed by atoms with Crippen LogP contribution in [0.4, 0.5) is 0 Å². The molecule has 0 spiro atoms. The standard InChI is InChI=1S/C15H23NO3/c1-5-16-15(10-6-7-10)14-12(18-3)8-11(17-2)9-13(14)19-4/h8-10,15-16H,5-7H2,1-4H3. The lowest BCUT2D eigenvalue weighted by atomic mass is 9.99. The maximum atomic E-state index is 5.54. The lowest BCUT2D eigenvalue weighted by Gasteiger charge is -2.23. The molecule has 0 aromatic heterocycles. The number of hydrogen-bond donors (Lipinski definition) is 1. The van der Waals surface area contributed by atoms with Crippen molar-refractivity contribution < 1.29 is 14.2 Å². The molecule has 2 rings (SSSR count). The molecule has 0 saturated heterocycles. The number of ether oxygens (including phenoxy) is 3. The highest BCUT2D eigenvalue weighted by molar-refractivity contribution is 5.52. The maximum absolute atomic E-state index is 5.54. The lowest BCUT2D eigenvalue weighted by molar-refractivity contribution is 0.352. The Morgan fingerprint density at radius 2 is 1.68 bits per heavy atom. The summed E-state index contributed by atoms with van der Waals surface area (Å²) in [5, 5.41) is 3.55. The monoisotopic (exact) mass is 265 g/mol. The van der Waals surface area contributed by atoms with Gasteiger partial charge in [0.1, 0.15) is 17.2 Å². The van der Waals surface area contributed by atoms with Gasteiger partial charge in [-0.2, -0.15) is 0 Å². The Labute approximate surface area is 115 Å². The summed E-state index contributed by atoms with van der Waals surface area (Å²) in [7, 11) is 5.03. The van der Waals surface area contributed by atoms with Gasteiger partial charge in [0.25, 0.3) is 0 Å². The van der Waals surface area contributed by atoms with Crippen LogP contribution in [0.25, 0.3) is 0 Å². The van der Waals surface area contributed by atoms with Crippen molar-refractivity contribution in [2.75, 3.05) is 27.9 Å². The van der Waals surface area contributed by atoms with Gasteiger partial charge in [-0.15, -0.1) is 0 Å². The SMILES string of the molecule is CCNC(c1c(OC)cc(OC)cc1OC)C1CC1. The third-order valence-corrected chi connectivity index (χ3v) is 3.58. The van der Waals surface area contributed by atoms with E-state index in [2.05, 4.69) is 12.2 Å². The van der Waals surface area contributed by atoms with E-state index in [0.717, 1.165) is 29.4 Å². The van der Waals surface area contributed by atoms with E-state index in [9.17, 15) is 0 Å². The van der Waals surface area contributed by atoms with Gasteiger partial charge in [0, 0.05) is 18.2 Å². The minimum Gasteiger partial charge on any atom is -0.496 e. The average Bonchev–Trinajstić information content (AvgIpc) is 3.28. The highest BCUT2D eigenvalue weighted by Crippen LogP contribution is 2.48. The molecule has 19 heavy (non-hydrogen) atoms. The zero-order chi connectivity index (χ0) is 13.8. The van der Waals surface area contributed by atoms with Crippen LogP contribution in [-0.4, -0.2) is 27.9 Å². The minimum absolute atomic E-state index is 0.292. The van der Waals surface area contributed by atoms with E-state index in [1.807, 2.05) is 12.1 Å². The highest BCUT2D eigenvalue weighted by atomic mass is 16.5. The molecule has 0 aliphatic heterocycles. The summed E-state index contributed by atoms with van der Waals surface area (Å²) >= 11 is 0. The zero-order valence-corrected chi connectivity index (χ0v) is 12.2. The summed E-state index contributed by atoms with van der Waals surface area (Å²) in [6.07, 6.45) is 2.52. The highest BCUT2D eigenvalue weighted by Gasteiger charge is 2.35. The number of rotatable bonds is 7. The van der Waals surface area contributed by atoms with E-state index >= 15 is 0 Å². The first-order valence-electron chi connectivity index (χ1n) is 6.78. The summed E-state index contributed by atoms with van der Waals surface area (Å²) in [5.41, 5.74) is 1.11. The fourth-order valence-electron chi connectivity index (χ4n) is 2.49. The van der Waals surface area contributed by atoms with E-state index in [-0.39, 0.29) is 0 Å². The third kappa shape index (κ3) is 2.95. The van der Waals surface area contributed by atoms with Crippen LogP contribution in [0.1, 0.15) is 31.4 Å². The van der Waals surface area contributed by atoms with Gasteiger partial charge in [-0.25, -0.2) is 0 Å². The van der Waals surface area contributed by atoms with Crippen molar-refractivity contribution in [2.24, 2.45) is 5.92 Å². The Bertz CT molecular complexity index is 404. The number of hydrogen-bond acceptors (Lipinski definition) is 4. The molecule has 1 fully saturated rings.